The fourth-order valence-corrected chi connectivity index (χ4v) is 1.45. The third-order valence-electron chi connectivity index (χ3n) is 2.30. The molecule has 78 valence electrons. The molecule has 1 heterocycles. The molecule has 1 aliphatic rings. The zero-order valence-corrected chi connectivity index (χ0v) is 7.75. The molecule has 0 radical (unpaired) electrons. The highest BCUT2D eigenvalue weighted by molar-refractivity contribution is 4.88. The highest BCUT2D eigenvalue weighted by Gasteiger charge is 2.42. The lowest BCUT2D eigenvalue weighted by molar-refractivity contribution is -0.290. The van der Waals surface area contributed by atoms with Gasteiger partial charge in [-0.05, 0) is 6.42 Å². The van der Waals surface area contributed by atoms with E-state index in [9.17, 15) is 15.3 Å². The molecular weight excluding hydrogens is 176 g/mol. The van der Waals surface area contributed by atoms with Gasteiger partial charge in [-0.1, -0.05) is 6.92 Å². The van der Waals surface area contributed by atoms with Crippen LogP contribution in [0.15, 0.2) is 0 Å². The van der Waals surface area contributed by atoms with Gasteiger partial charge >= 0.3 is 0 Å². The van der Waals surface area contributed by atoms with Crippen molar-refractivity contribution < 1.29 is 24.8 Å². The Bertz CT molecular complexity index is 143. The Kier molecular flexibility index (Phi) is 3.63. The molecule has 0 aromatic carbocycles. The molecule has 0 saturated carbocycles. The minimum atomic E-state index is -1.20. The van der Waals surface area contributed by atoms with Gasteiger partial charge in [-0.15, -0.1) is 0 Å². The van der Waals surface area contributed by atoms with Crippen LogP contribution in [0.25, 0.3) is 0 Å². The predicted octanol–water partition coefficient (Wildman–Crippen LogP) is -1.15. The molecule has 1 unspecified atom stereocenters. The lowest BCUT2D eigenvalue weighted by atomic mass is 9.97. The first kappa shape index (κ1) is 10.9. The first-order valence-electron chi connectivity index (χ1n) is 4.34. The van der Waals surface area contributed by atoms with Crippen molar-refractivity contribution in [1.82, 2.24) is 0 Å². The summed E-state index contributed by atoms with van der Waals surface area (Å²) in [5.41, 5.74) is 0. The number of methoxy groups -OCH3 is 1. The van der Waals surface area contributed by atoms with E-state index in [1.807, 2.05) is 6.92 Å². The zero-order valence-electron chi connectivity index (χ0n) is 7.75. The second-order valence-corrected chi connectivity index (χ2v) is 3.16. The summed E-state index contributed by atoms with van der Waals surface area (Å²) in [5, 5.41) is 28.2. The molecule has 5 nitrogen and oxygen atoms in total. The van der Waals surface area contributed by atoms with Crippen molar-refractivity contribution >= 4 is 0 Å². The SMILES string of the molecule is CCC1O[C@@H](OC)[C@@H](O)[C@H](O)[C@H]1O. The third-order valence-corrected chi connectivity index (χ3v) is 2.30. The summed E-state index contributed by atoms with van der Waals surface area (Å²) in [4.78, 5) is 0. The number of aliphatic hydroxyl groups excluding tert-OH is 3. The van der Waals surface area contributed by atoms with Crippen molar-refractivity contribution in [2.75, 3.05) is 7.11 Å². The van der Waals surface area contributed by atoms with Gasteiger partial charge in [0.25, 0.3) is 0 Å². The van der Waals surface area contributed by atoms with Crippen LogP contribution in [0.4, 0.5) is 0 Å². The van der Waals surface area contributed by atoms with Crippen molar-refractivity contribution in [3.05, 3.63) is 0 Å². The normalized spacial score (nSPS) is 46.4. The van der Waals surface area contributed by atoms with E-state index >= 15 is 0 Å². The molecule has 0 aromatic heterocycles. The quantitative estimate of drug-likeness (QED) is 0.515. The molecule has 0 aliphatic carbocycles. The summed E-state index contributed by atoms with van der Waals surface area (Å²) in [6.45, 7) is 1.82. The first-order valence-corrected chi connectivity index (χ1v) is 4.34. The second kappa shape index (κ2) is 4.34. The molecule has 5 atom stereocenters. The summed E-state index contributed by atoms with van der Waals surface area (Å²) in [7, 11) is 1.38. The summed E-state index contributed by atoms with van der Waals surface area (Å²) >= 11 is 0. The van der Waals surface area contributed by atoms with Crippen LogP contribution < -0.4 is 0 Å². The maximum Gasteiger partial charge on any atom is 0.186 e. The molecule has 1 saturated heterocycles. The van der Waals surface area contributed by atoms with Gasteiger partial charge in [-0.25, -0.2) is 0 Å². The van der Waals surface area contributed by atoms with Gasteiger partial charge in [-0.3, -0.25) is 0 Å². The smallest absolute Gasteiger partial charge is 0.186 e. The second-order valence-electron chi connectivity index (χ2n) is 3.16. The lowest BCUT2D eigenvalue weighted by Gasteiger charge is -2.39. The van der Waals surface area contributed by atoms with Crippen molar-refractivity contribution in [2.45, 2.75) is 44.1 Å². The first-order chi connectivity index (χ1) is 6.11. The fraction of sp³-hybridized carbons (Fsp3) is 1.00. The van der Waals surface area contributed by atoms with Crippen molar-refractivity contribution in [3.63, 3.8) is 0 Å². The Morgan fingerprint density at radius 2 is 1.77 bits per heavy atom. The van der Waals surface area contributed by atoms with Crippen LogP contribution in [0.1, 0.15) is 13.3 Å². The molecule has 1 aliphatic heterocycles. The van der Waals surface area contributed by atoms with E-state index in [0.29, 0.717) is 6.42 Å². The highest BCUT2D eigenvalue weighted by atomic mass is 16.7. The molecule has 13 heavy (non-hydrogen) atoms. The maximum atomic E-state index is 9.43. The van der Waals surface area contributed by atoms with Crippen LogP contribution in [0.5, 0.6) is 0 Å². The van der Waals surface area contributed by atoms with Gasteiger partial charge in [0.1, 0.15) is 18.3 Å². The van der Waals surface area contributed by atoms with E-state index in [0.717, 1.165) is 0 Å². The summed E-state index contributed by atoms with van der Waals surface area (Å²) in [6, 6.07) is 0. The van der Waals surface area contributed by atoms with E-state index in [1.165, 1.54) is 7.11 Å². The monoisotopic (exact) mass is 192 g/mol. The standard InChI is InChI=1S/C8H16O5/c1-3-4-5(9)6(10)7(11)8(12-2)13-4/h4-11H,3H2,1-2H3/t4?,5-,6+,7-,8+/m0/s1. The van der Waals surface area contributed by atoms with Crippen molar-refractivity contribution in [2.24, 2.45) is 0 Å². The molecule has 0 spiro atoms. The van der Waals surface area contributed by atoms with Crippen LogP contribution in [-0.2, 0) is 9.47 Å². The van der Waals surface area contributed by atoms with Crippen LogP contribution in [-0.4, -0.2) is 53.1 Å². The van der Waals surface area contributed by atoms with Gasteiger partial charge in [0, 0.05) is 7.11 Å². The van der Waals surface area contributed by atoms with E-state index in [4.69, 9.17) is 9.47 Å². The number of hydrogen-bond acceptors (Lipinski definition) is 5. The Labute approximate surface area is 76.9 Å². The molecule has 1 rings (SSSR count). The summed E-state index contributed by atoms with van der Waals surface area (Å²) < 4.78 is 10.0. The average Bonchev–Trinajstić information content (AvgIpc) is 2.15. The largest absolute Gasteiger partial charge is 0.388 e. The number of hydrogen-bond donors (Lipinski definition) is 3. The average molecular weight is 192 g/mol. The van der Waals surface area contributed by atoms with Crippen LogP contribution >= 0.6 is 0 Å². The molecule has 3 N–H and O–H groups in total. The minimum Gasteiger partial charge on any atom is -0.388 e. The number of ether oxygens (including phenoxy) is 2. The number of aliphatic hydroxyl groups is 3. The fourth-order valence-electron chi connectivity index (χ4n) is 1.45. The Morgan fingerprint density at radius 1 is 1.15 bits per heavy atom. The van der Waals surface area contributed by atoms with Crippen molar-refractivity contribution in [1.29, 1.82) is 0 Å². The Balaban J connectivity index is 2.66. The van der Waals surface area contributed by atoms with Gasteiger partial charge in [0.15, 0.2) is 6.29 Å². The van der Waals surface area contributed by atoms with Gasteiger partial charge in [0.05, 0.1) is 6.10 Å². The molecule has 5 heteroatoms. The third kappa shape index (κ3) is 2.00. The van der Waals surface area contributed by atoms with Crippen LogP contribution in [0, 0.1) is 0 Å². The van der Waals surface area contributed by atoms with Gasteiger partial charge < -0.3 is 24.8 Å². The van der Waals surface area contributed by atoms with E-state index in [2.05, 4.69) is 0 Å². The topological polar surface area (TPSA) is 79.2 Å². The molecule has 1 fully saturated rings. The Morgan fingerprint density at radius 3 is 2.23 bits per heavy atom. The van der Waals surface area contributed by atoms with E-state index < -0.39 is 30.7 Å². The molecule has 0 bridgehead atoms. The van der Waals surface area contributed by atoms with Crippen LogP contribution in [0.3, 0.4) is 0 Å². The van der Waals surface area contributed by atoms with E-state index in [1.54, 1.807) is 0 Å². The van der Waals surface area contributed by atoms with Crippen LogP contribution in [0.2, 0.25) is 0 Å². The zero-order chi connectivity index (χ0) is 10.0. The maximum absolute atomic E-state index is 9.43. The Hall–Kier alpha value is -0.200. The number of rotatable bonds is 2. The molecule has 0 aromatic rings. The van der Waals surface area contributed by atoms with Gasteiger partial charge in [0.2, 0.25) is 0 Å². The van der Waals surface area contributed by atoms with Crippen molar-refractivity contribution in [3.8, 4) is 0 Å². The summed E-state index contributed by atoms with van der Waals surface area (Å²) in [6.07, 6.45) is -4.23. The minimum absolute atomic E-state index is 0.483. The molecular formula is C8H16O5. The molecule has 0 amide bonds. The highest BCUT2D eigenvalue weighted by Crippen LogP contribution is 2.23. The predicted molar refractivity (Wildman–Crippen MR) is 44.0 cm³/mol. The summed E-state index contributed by atoms with van der Waals surface area (Å²) in [5.74, 6) is 0. The van der Waals surface area contributed by atoms with E-state index in [-0.39, 0.29) is 0 Å². The van der Waals surface area contributed by atoms with Gasteiger partial charge in [-0.2, -0.15) is 0 Å². The lowest BCUT2D eigenvalue weighted by Crippen LogP contribution is -2.57.